The molecule has 3 aromatic rings. The SMILES string of the molecule is Clc1ccc(-c2nnc(-c3cnc4c(c3)CCC3(CCC3)O4)o2)cc1. The Bertz CT molecular complexity index is 932. The largest absolute Gasteiger partial charge is 0.471 e. The number of halogens is 1. The molecule has 5 nitrogen and oxygen atoms in total. The zero-order valence-electron chi connectivity index (χ0n) is 13.5. The zero-order valence-corrected chi connectivity index (χ0v) is 14.3. The number of pyridine rings is 1. The van der Waals surface area contributed by atoms with Crippen LogP contribution in [0.2, 0.25) is 5.02 Å². The van der Waals surface area contributed by atoms with Crippen LogP contribution in [-0.2, 0) is 6.42 Å². The summed E-state index contributed by atoms with van der Waals surface area (Å²) in [6.45, 7) is 0. The maximum Gasteiger partial charge on any atom is 0.249 e. The molecule has 2 aromatic heterocycles. The molecule has 1 saturated carbocycles. The second-order valence-electron chi connectivity index (χ2n) is 6.75. The number of benzene rings is 1. The average molecular weight is 354 g/mol. The third-order valence-electron chi connectivity index (χ3n) is 5.12. The van der Waals surface area contributed by atoms with Gasteiger partial charge in [0.2, 0.25) is 17.7 Å². The Balaban J connectivity index is 1.43. The molecule has 0 atom stereocenters. The highest BCUT2D eigenvalue weighted by Gasteiger charge is 2.42. The summed E-state index contributed by atoms with van der Waals surface area (Å²) in [5, 5.41) is 8.96. The van der Waals surface area contributed by atoms with E-state index in [-0.39, 0.29) is 5.60 Å². The van der Waals surface area contributed by atoms with Crippen molar-refractivity contribution in [3.8, 4) is 28.8 Å². The van der Waals surface area contributed by atoms with E-state index in [4.69, 9.17) is 20.8 Å². The van der Waals surface area contributed by atoms with Gasteiger partial charge in [-0.25, -0.2) is 4.98 Å². The summed E-state index contributed by atoms with van der Waals surface area (Å²) in [6.07, 6.45) is 7.33. The molecule has 5 rings (SSSR count). The Labute approximate surface area is 150 Å². The number of ether oxygens (including phenoxy) is 1. The van der Waals surface area contributed by atoms with Gasteiger partial charge >= 0.3 is 0 Å². The summed E-state index contributed by atoms with van der Waals surface area (Å²) >= 11 is 5.92. The Morgan fingerprint density at radius 2 is 1.72 bits per heavy atom. The molecule has 1 spiro atoms. The van der Waals surface area contributed by atoms with Crippen LogP contribution >= 0.6 is 11.6 Å². The first-order valence-corrected chi connectivity index (χ1v) is 8.86. The van der Waals surface area contributed by atoms with E-state index < -0.39 is 0 Å². The maximum absolute atomic E-state index is 6.14. The molecule has 126 valence electrons. The molecule has 1 aliphatic carbocycles. The average Bonchev–Trinajstić information content (AvgIpc) is 3.10. The third kappa shape index (κ3) is 2.59. The zero-order chi connectivity index (χ0) is 16.9. The van der Waals surface area contributed by atoms with Gasteiger partial charge < -0.3 is 9.15 Å². The lowest BCUT2D eigenvalue weighted by atomic mass is 9.75. The van der Waals surface area contributed by atoms with Crippen molar-refractivity contribution in [1.82, 2.24) is 15.2 Å². The van der Waals surface area contributed by atoms with Gasteiger partial charge in [-0.05, 0) is 62.4 Å². The second-order valence-corrected chi connectivity index (χ2v) is 7.18. The van der Waals surface area contributed by atoms with E-state index in [1.165, 1.54) is 6.42 Å². The van der Waals surface area contributed by atoms with Crippen LogP contribution in [0.4, 0.5) is 0 Å². The first kappa shape index (κ1) is 14.9. The Morgan fingerprint density at radius 1 is 0.960 bits per heavy atom. The highest BCUT2D eigenvalue weighted by atomic mass is 35.5. The van der Waals surface area contributed by atoms with Crippen molar-refractivity contribution in [2.75, 3.05) is 0 Å². The molecule has 2 aliphatic rings. The van der Waals surface area contributed by atoms with E-state index in [1.54, 1.807) is 18.3 Å². The molecule has 6 heteroatoms. The minimum Gasteiger partial charge on any atom is -0.471 e. The lowest BCUT2D eigenvalue weighted by Gasteiger charge is -2.44. The van der Waals surface area contributed by atoms with E-state index >= 15 is 0 Å². The summed E-state index contributed by atoms with van der Waals surface area (Å²) in [7, 11) is 0. The molecule has 0 unspecified atom stereocenters. The first-order chi connectivity index (χ1) is 12.2. The van der Waals surface area contributed by atoms with E-state index in [9.17, 15) is 0 Å². The van der Waals surface area contributed by atoms with Gasteiger partial charge in [-0.3, -0.25) is 0 Å². The van der Waals surface area contributed by atoms with Gasteiger partial charge in [-0.2, -0.15) is 0 Å². The van der Waals surface area contributed by atoms with Crippen LogP contribution in [-0.4, -0.2) is 20.8 Å². The highest BCUT2D eigenvalue weighted by Crippen LogP contribution is 2.44. The molecule has 0 radical (unpaired) electrons. The monoisotopic (exact) mass is 353 g/mol. The van der Waals surface area contributed by atoms with Crippen LogP contribution in [0.1, 0.15) is 31.2 Å². The normalized spacial score (nSPS) is 17.6. The lowest BCUT2D eigenvalue weighted by molar-refractivity contribution is -0.0289. The Kier molecular flexibility index (Phi) is 3.31. The molecule has 0 bridgehead atoms. The molecule has 0 amide bonds. The van der Waals surface area contributed by atoms with Crippen molar-refractivity contribution in [3.05, 3.63) is 47.1 Å². The predicted octanol–water partition coefficient (Wildman–Crippen LogP) is 4.70. The van der Waals surface area contributed by atoms with E-state index in [0.717, 1.165) is 48.3 Å². The number of hydrogen-bond donors (Lipinski definition) is 0. The fourth-order valence-electron chi connectivity index (χ4n) is 3.48. The van der Waals surface area contributed by atoms with Crippen LogP contribution < -0.4 is 4.74 Å². The predicted molar refractivity (Wildman–Crippen MR) is 93.5 cm³/mol. The van der Waals surface area contributed by atoms with Gasteiger partial charge in [-0.15, -0.1) is 10.2 Å². The molecule has 25 heavy (non-hydrogen) atoms. The summed E-state index contributed by atoms with van der Waals surface area (Å²) in [5.74, 6) is 1.69. The van der Waals surface area contributed by atoms with Crippen molar-refractivity contribution in [2.45, 2.75) is 37.7 Å². The minimum atomic E-state index is 0.0494. The van der Waals surface area contributed by atoms with Gasteiger partial charge in [0.05, 0.1) is 5.56 Å². The molecule has 1 aliphatic heterocycles. The number of fused-ring (bicyclic) bond motifs is 1. The second kappa shape index (κ2) is 5.56. The Hall–Kier alpha value is -2.40. The van der Waals surface area contributed by atoms with E-state index in [1.807, 2.05) is 18.2 Å². The van der Waals surface area contributed by atoms with Crippen LogP contribution in [0.25, 0.3) is 22.9 Å². The topological polar surface area (TPSA) is 61.0 Å². The number of aryl methyl sites for hydroxylation is 1. The van der Waals surface area contributed by atoms with Crippen molar-refractivity contribution in [2.24, 2.45) is 0 Å². The Morgan fingerprint density at radius 3 is 2.44 bits per heavy atom. The fraction of sp³-hybridized carbons (Fsp3) is 0.316. The number of rotatable bonds is 2. The smallest absolute Gasteiger partial charge is 0.249 e. The fourth-order valence-corrected chi connectivity index (χ4v) is 3.60. The third-order valence-corrected chi connectivity index (χ3v) is 5.37. The quantitative estimate of drug-likeness (QED) is 0.668. The van der Waals surface area contributed by atoms with Crippen molar-refractivity contribution in [1.29, 1.82) is 0 Å². The van der Waals surface area contributed by atoms with Crippen molar-refractivity contribution in [3.63, 3.8) is 0 Å². The number of hydrogen-bond acceptors (Lipinski definition) is 5. The van der Waals surface area contributed by atoms with Crippen LogP contribution in [0.15, 0.2) is 40.9 Å². The summed E-state index contributed by atoms with van der Waals surface area (Å²) < 4.78 is 12.0. The van der Waals surface area contributed by atoms with Gasteiger partial charge in [0.1, 0.15) is 5.60 Å². The molecular weight excluding hydrogens is 338 g/mol. The summed E-state index contributed by atoms with van der Waals surface area (Å²) in [4.78, 5) is 4.50. The molecule has 1 aromatic carbocycles. The van der Waals surface area contributed by atoms with Gasteiger partial charge in [0, 0.05) is 22.3 Å². The van der Waals surface area contributed by atoms with Crippen molar-refractivity contribution < 1.29 is 9.15 Å². The summed E-state index contributed by atoms with van der Waals surface area (Å²) in [6, 6.07) is 9.37. The van der Waals surface area contributed by atoms with Gasteiger partial charge in [-0.1, -0.05) is 11.6 Å². The van der Waals surface area contributed by atoms with E-state index in [2.05, 4.69) is 15.2 Å². The molecule has 3 heterocycles. The molecule has 0 N–H and O–H groups in total. The number of aromatic nitrogens is 3. The summed E-state index contributed by atoms with van der Waals surface area (Å²) in [5.41, 5.74) is 2.82. The molecule has 1 fully saturated rings. The maximum atomic E-state index is 6.14. The van der Waals surface area contributed by atoms with Gasteiger partial charge in [0.25, 0.3) is 0 Å². The van der Waals surface area contributed by atoms with Crippen LogP contribution in [0.3, 0.4) is 0 Å². The van der Waals surface area contributed by atoms with Crippen LogP contribution in [0.5, 0.6) is 5.88 Å². The molecule has 0 saturated heterocycles. The van der Waals surface area contributed by atoms with E-state index in [0.29, 0.717) is 16.8 Å². The highest BCUT2D eigenvalue weighted by molar-refractivity contribution is 6.30. The first-order valence-electron chi connectivity index (χ1n) is 8.49. The molecular formula is C19H16ClN3O2. The van der Waals surface area contributed by atoms with Crippen LogP contribution in [0, 0.1) is 0 Å². The minimum absolute atomic E-state index is 0.0494. The standard InChI is InChI=1S/C19H16ClN3O2/c20-15-4-2-12(3-5-15)17-22-23-18(24-17)14-10-13-6-9-19(7-1-8-19)25-16(13)21-11-14/h2-5,10-11H,1,6-9H2. The van der Waals surface area contributed by atoms with Crippen molar-refractivity contribution >= 4 is 11.6 Å². The lowest BCUT2D eigenvalue weighted by Crippen LogP contribution is -2.45. The van der Waals surface area contributed by atoms with Gasteiger partial charge in [0.15, 0.2) is 0 Å². The number of nitrogens with zero attached hydrogens (tertiary/aromatic N) is 3.